The van der Waals surface area contributed by atoms with Crippen molar-refractivity contribution in [2.75, 3.05) is 0 Å². The molecule has 0 aliphatic heterocycles. The normalized spacial score (nSPS) is 10.7. The molecule has 0 aliphatic carbocycles. The van der Waals surface area contributed by atoms with Gasteiger partial charge in [-0.1, -0.05) is 28.1 Å². The van der Waals surface area contributed by atoms with Gasteiger partial charge in [-0.2, -0.15) is 5.10 Å². The zero-order valence-corrected chi connectivity index (χ0v) is 11.8. The maximum Gasteiger partial charge on any atom is 0.275 e. The molecule has 20 heavy (non-hydrogen) atoms. The molecule has 0 unspecified atom stereocenters. The lowest BCUT2D eigenvalue weighted by Gasteiger charge is -2.03. The second kappa shape index (κ2) is 6.21. The number of carbonyl (C=O) groups excluding carboxylic acids is 1. The summed E-state index contributed by atoms with van der Waals surface area (Å²) in [6.07, 6.45) is 1.49. The van der Waals surface area contributed by atoms with Crippen LogP contribution in [-0.2, 0) is 0 Å². The van der Waals surface area contributed by atoms with Crippen LogP contribution in [0.3, 0.4) is 0 Å². The molecule has 102 valence electrons. The quantitative estimate of drug-likeness (QED) is 0.596. The Morgan fingerprint density at radius 3 is 2.50 bits per heavy atom. The molecule has 0 radical (unpaired) electrons. The van der Waals surface area contributed by atoms with Crippen molar-refractivity contribution in [1.82, 2.24) is 5.43 Å². The van der Waals surface area contributed by atoms with E-state index in [1.54, 1.807) is 0 Å². The first-order valence-corrected chi connectivity index (χ1v) is 6.46. The van der Waals surface area contributed by atoms with E-state index in [-0.39, 0.29) is 17.1 Å². The zero-order valence-electron chi connectivity index (χ0n) is 10.2. The largest absolute Gasteiger partial charge is 0.508 e. The number of carbonyl (C=O) groups is 1. The van der Waals surface area contributed by atoms with Gasteiger partial charge < -0.3 is 10.2 Å². The molecule has 0 aliphatic rings. The van der Waals surface area contributed by atoms with Crippen molar-refractivity contribution in [2.24, 2.45) is 5.10 Å². The Labute approximate surface area is 123 Å². The number of phenolic OH excluding ortho intramolecular Hbond substituents is 2. The molecule has 0 atom stereocenters. The smallest absolute Gasteiger partial charge is 0.275 e. The maximum atomic E-state index is 11.7. The number of nitrogens with zero attached hydrogens (tertiary/aromatic N) is 1. The zero-order chi connectivity index (χ0) is 14.5. The third-order valence-electron chi connectivity index (χ3n) is 2.48. The number of phenols is 2. The molecular weight excluding hydrogens is 324 g/mol. The van der Waals surface area contributed by atoms with E-state index in [4.69, 9.17) is 5.11 Å². The van der Waals surface area contributed by atoms with E-state index in [2.05, 4.69) is 26.5 Å². The first kappa shape index (κ1) is 14.1. The van der Waals surface area contributed by atoms with Crippen LogP contribution in [0.5, 0.6) is 11.5 Å². The number of hydrogen-bond donors (Lipinski definition) is 3. The van der Waals surface area contributed by atoms with Crippen LogP contribution in [0.25, 0.3) is 0 Å². The van der Waals surface area contributed by atoms with Crippen LogP contribution in [0.1, 0.15) is 15.9 Å². The Balaban J connectivity index is 2.03. The van der Waals surface area contributed by atoms with Gasteiger partial charge >= 0.3 is 0 Å². The van der Waals surface area contributed by atoms with Gasteiger partial charge in [-0.25, -0.2) is 5.43 Å². The fourth-order valence-corrected chi connectivity index (χ4v) is 1.75. The summed E-state index contributed by atoms with van der Waals surface area (Å²) < 4.78 is 0.952. The molecule has 0 fully saturated rings. The first-order chi connectivity index (χ1) is 9.56. The van der Waals surface area contributed by atoms with Gasteiger partial charge in [0.25, 0.3) is 5.91 Å². The van der Waals surface area contributed by atoms with Gasteiger partial charge in [0, 0.05) is 10.5 Å². The standard InChI is InChI=1S/C14H11BrN2O3/c15-10-3-1-9(2-4-10)8-16-17-14(20)12-6-5-11(18)7-13(12)19/h1-8,18-19H,(H,17,20). The molecular formula is C14H11BrN2O3. The Kier molecular flexibility index (Phi) is 4.37. The number of hydrogen-bond acceptors (Lipinski definition) is 4. The summed E-state index contributed by atoms with van der Waals surface area (Å²) in [5, 5.41) is 22.5. The second-order valence-electron chi connectivity index (χ2n) is 3.95. The number of aromatic hydroxyl groups is 2. The minimum absolute atomic E-state index is 0.0377. The predicted molar refractivity (Wildman–Crippen MR) is 79.0 cm³/mol. The Bertz CT molecular complexity index is 654. The van der Waals surface area contributed by atoms with Crippen molar-refractivity contribution in [2.45, 2.75) is 0 Å². The van der Waals surface area contributed by atoms with E-state index in [0.717, 1.165) is 16.1 Å². The Morgan fingerprint density at radius 1 is 1.15 bits per heavy atom. The number of halogens is 1. The highest BCUT2D eigenvalue weighted by atomic mass is 79.9. The SMILES string of the molecule is O=C(NN=Cc1ccc(Br)cc1)c1ccc(O)cc1O. The topological polar surface area (TPSA) is 81.9 Å². The third-order valence-corrected chi connectivity index (χ3v) is 3.00. The first-order valence-electron chi connectivity index (χ1n) is 5.67. The monoisotopic (exact) mass is 334 g/mol. The molecule has 5 nitrogen and oxygen atoms in total. The van der Waals surface area contributed by atoms with Crippen molar-refractivity contribution >= 4 is 28.1 Å². The second-order valence-corrected chi connectivity index (χ2v) is 4.87. The highest BCUT2D eigenvalue weighted by Crippen LogP contribution is 2.22. The van der Waals surface area contributed by atoms with E-state index in [9.17, 15) is 9.90 Å². The fourth-order valence-electron chi connectivity index (χ4n) is 1.49. The highest BCUT2D eigenvalue weighted by Gasteiger charge is 2.10. The summed E-state index contributed by atoms with van der Waals surface area (Å²) >= 11 is 3.32. The van der Waals surface area contributed by atoms with Crippen LogP contribution < -0.4 is 5.43 Å². The molecule has 3 N–H and O–H groups in total. The summed E-state index contributed by atoms with van der Waals surface area (Å²) in [5.74, 6) is -0.977. The van der Waals surface area contributed by atoms with E-state index in [1.165, 1.54) is 18.3 Å². The molecule has 6 heteroatoms. The van der Waals surface area contributed by atoms with Gasteiger partial charge in [-0.05, 0) is 29.8 Å². The van der Waals surface area contributed by atoms with Crippen LogP contribution in [0.4, 0.5) is 0 Å². The number of nitrogens with one attached hydrogen (secondary N) is 1. The summed E-state index contributed by atoms with van der Waals surface area (Å²) in [4.78, 5) is 11.7. The molecule has 0 saturated heterocycles. The van der Waals surface area contributed by atoms with Crippen molar-refractivity contribution in [3.63, 3.8) is 0 Å². The van der Waals surface area contributed by atoms with E-state index in [1.807, 2.05) is 24.3 Å². The van der Waals surface area contributed by atoms with Crippen LogP contribution >= 0.6 is 15.9 Å². The molecule has 1 amide bonds. The number of amides is 1. The number of benzene rings is 2. The summed E-state index contributed by atoms with van der Waals surface area (Å²) in [6, 6.07) is 11.1. The molecule has 0 spiro atoms. The molecule has 0 aromatic heterocycles. The molecule has 2 aromatic rings. The minimum Gasteiger partial charge on any atom is -0.508 e. The molecule has 0 heterocycles. The van der Waals surface area contributed by atoms with Gasteiger partial charge in [-0.15, -0.1) is 0 Å². The minimum atomic E-state index is -0.559. The van der Waals surface area contributed by atoms with Gasteiger partial charge in [-0.3, -0.25) is 4.79 Å². The van der Waals surface area contributed by atoms with E-state index in [0.29, 0.717) is 0 Å². The van der Waals surface area contributed by atoms with Crippen LogP contribution in [-0.4, -0.2) is 22.3 Å². The number of hydrazone groups is 1. The fraction of sp³-hybridized carbons (Fsp3) is 0. The lowest BCUT2D eigenvalue weighted by Crippen LogP contribution is -2.17. The van der Waals surface area contributed by atoms with Crippen molar-refractivity contribution in [3.8, 4) is 11.5 Å². The molecule has 0 saturated carbocycles. The predicted octanol–water partition coefficient (Wildman–Crippen LogP) is 2.62. The van der Waals surface area contributed by atoms with Crippen molar-refractivity contribution < 1.29 is 15.0 Å². The maximum absolute atomic E-state index is 11.7. The van der Waals surface area contributed by atoms with Gasteiger partial charge in [0.05, 0.1) is 11.8 Å². The highest BCUT2D eigenvalue weighted by molar-refractivity contribution is 9.10. The van der Waals surface area contributed by atoms with Crippen LogP contribution in [0, 0.1) is 0 Å². The molecule has 0 bridgehead atoms. The average Bonchev–Trinajstić information content (AvgIpc) is 2.41. The van der Waals surface area contributed by atoms with Gasteiger partial charge in [0.2, 0.25) is 0 Å². The number of rotatable bonds is 3. The lowest BCUT2D eigenvalue weighted by atomic mass is 10.2. The van der Waals surface area contributed by atoms with Crippen LogP contribution in [0.2, 0.25) is 0 Å². The van der Waals surface area contributed by atoms with Crippen molar-refractivity contribution in [3.05, 3.63) is 58.1 Å². The van der Waals surface area contributed by atoms with E-state index < -0.39 is 5.91 Å². The van der Waals surface area contributed by atoms with Crippen LogP contribution in [0.15, 0.2) is 52.0 Å². The Hall–Kier alpha value is -2.34. The van der Waals surface area contributed by atoms with Crippen molar-refractivity contribution in [1.29, 1.82) is 0 Å². The summed E-state index contributed by atoms with van der Waals surface area (Å²) in [6.45, 7) is 0. The molecule has 2 aromatic carbocycles. The van der Waals surface area contributed by atoms with Gasteiger partial charge in [0.15, 0.2) is 0 Å². The van der Waals surface area contributed by atoms with Gasteiger partial charge in [0.1, 0.15) is 11.5 Å². The summed E-state index contributed by atoms with van der Waals surface area (Å²) in [7, 11) is 0. The molecule has 2 rings (SSSR count). The Morgan fingerprint density at radius 2 is 1.85 bits per heavy atom. The van der Waals surface area contributed by atoms with E-state index >= 15 is 0 Å². The summed E-state index contributed by atoms with van der Waals surface area (Å²) in [5.41, 5.74) is 3.16. The third kappa shape index (κ3) is 3.58. The average molecular weight is 335 g/mol. The lowest BCUT2D eigenvalue weighted by molar-refractivity contribution is 0.0952.